The van der Waals surface area contributed by atoms with E-state index in [1.165, 1.54) is 0 Å². The second kappa shape index (κ2) is 4.37. The summed E-state index contributed by atoms with van der Waals surface area (Å²) < 4.78 is 10.3. The lowest BCUT2D eigenvalue weighted by molar-refractivity contribution is -0.0975. The SMILES string of the molecule is CC1(CNC(=O)NC2CCOC2)COC1. The number of carbonyl (C=O) groups is 1. The Morgan fingerprint density at radius 3 is 2.80 bits per heavy atom. The van der Waals surface area contributed by atoms with Crippen molar-refractivity contribution in [1.82, 2.24) is 10.6 Å². The first-order chi connectivity index (χ1) is 7.18. The molecule has 1 atom stereocenters. The van der Waals surface area contributed by atoms with Gasteiger partial charge in [-0.1, -0.05) is 6.92 Å². The summed E-state index contributed by atoms with van der Waals surface area (Å²) in [6.45, 7) is 5.63. The van der Waals surface area contributed by atoms with Crippen molar-refractivity contribution < 1.29 is 14.3 Å². The van der Waals surface area contributed by atoms with Gasteiger partial charge in [0.1, 0.15) is 0 Å². The fourth-order valence-electron chi connectivity index (χ4n) is 1.73. The summed E-state index contributed by atoms with van der Waals surface area (Å²) in [7, 11) is 0. The smallest absolute Gasteiger partial charge is 0.315 e. The van der Waals surface area contributed by atoms with Gasteiger partial charge in [0, 0.05) is 18.6 Å². The quantitative estimate of drug-likeness (QED) is 0.701. The molecule has 86 valence electrons. The summed E-state index contributed by atoms with van der Waals surface area (Å²) in [5, 5.41) is 5.75. The van der Waals surface area contributed by atoms with Crippen LogP contribution in [0.1, 0.15) is 13.3 Å². The Morgan fingerprint density at radius 2 is 2.27 bits per heavy atom. The van der Waals surface area contributed by atoms with Gasteiger partial charge >= 0.3 is 6.03 Å². The van der Waals surface area contributed by atoms with Crippen molar-refractivity contribution >= 4 is 6.03 Å². The van der Waals surface area contributed by atoms with Gasteiger partial charge in [-0.15, -0.1) is 0 Å². The van der Waals surface area contributed by atoms with E-state index >= 15 is 0 Å². The maximum absolute atomic E-state index is 11.5. The Balaban J connectivity index is 1.63. The molecule has 0 aromatic rings. The van der Waals surface area contributed by atoms with Gasteiger partial charge in [-0.05, 0) is 6.42 Å². The zero-order valence-electron chi connectivity index (χ0n) is 9.04. The normalized spacial score (nSPS) is 28.2. The Kier molecular flexibility index (Phi) is 3.11. The molecule has 0 spiro atoms. The number of hydrogen-bond acceptors (Lipinski definition) is 3. The van der Waals surface area contributed by atoms with Crippen LogP contribution in [0.4, 0.5) is 4.79 Å². The van der Waals surface area contributed by atoms with Gasteiger partial charge in [0.25, 0.3) is 0 Å². The molecule has 15 heavy (non-hydrogen) atoms. The molecule has 0 saturated carbocycles. The summed E-state index contributed by atoms with van der Waals surface area (Å²) in [4.78, 5) is 11.5. The van der Waals surface area contributed by atoms with Crippen molar-refractivity contribution in [2.24, 2.45) is 5.41 Å². The largest absolute Gasteiger partial charge is 0.380 e. The molecular formula is C10H18N2O3. The maximum Gasteiger partial charge on any atom is 0.315 e. The number of amides is 2. The van der Waals surface area contributed by atoms with E-state index in [-0.39, 0.29) is 17.5 Å². The molecule has 2 amide bonds. The van der Waals surface area contributed by atoms with E-state index in [9.17, 15) is 4.79 Å². The van der Waals surface area contributed by atoms with Crippen LogP contribution in [0.3, 0.4) is 0 Å². The summed E-state index contributed by atoms with van der Waals surface area (Å²) in [5.41, 5.74) is 0.128. The summed E-state index contributed by atoms with van der Waals surface area (Å²) in [5.74, 6) is 0. The molecule has 1 unspecified atom stereocenters. The number of carbonyl (C=O) groups excluding carboxylic acids is 1. The molecule has 0 bridgehead atoms. The van der Waals surface area contributed by atoms with Crippen molar-refractivity contribution in [3.8, 4) is 0 Å². The number of urea groups is 1. The Labute approximate surface area is 89.5 Å². The molecule has 2 aliphatic rings. The van der Waals surface area contributed by atoms with E-state index in [1.54, 1.807) is 0 Å². The predicted octanol–water partition coefficient (Wildman–Crippen LogP) is 0.111. The van der Waals surface area contributed by atoms with E-state index in [0.29, 0.717) is 13.2 Å². The molecule has 5 nitrogen and oxygen atoms in total. The number of ether oxygens (including phenoxy) is 2. The predicted molar refractivity (Wildman–Crippen MR) is 54.7 cm³/mol. The van der Waals surface area contributed by atoms with Crippen LogP contribution < -0.4 is 10.6 Å². The van der Waals surface area contributed by atoms with Crippen LogP contribution in [-0.2, 0) is 9.47 Å². The third kappa shape index (κ3) is 2.82. The number of hydrogen-bond donors (Lipinski definition) is 2. The van der Waals surface area contributed by atoms with Gasteiger partial charge in [0.05, 0.1) is 25.9 Å². The van der Waals surface area contributed by atoms with E-state index in [2.05, 4.69) is 17.6 Å². The van der Waals surface area contributed by atoms with E-state index in [1.807, 2.05) is 0 Å². The Morgan fingerprint density at radius 1 is 1.47 bits per heavy atom. The van der Waals surface area contributed by atoms with Gasteiger partial charge in [0.2, 0.25) is 0 Å². The minimum atomic E-state index is -0.0985. The molecule has 2 heterocycles. The summed E-state index contributed by atoms with van der Waals surface area (Å²) >= 11 is 0. The molecule has 2 aliphatic heterocycles. The van der Waals surface area contributed by atoms with Crippen molar-refractivity contribution in [2.45, 2.75) is 19.4 Å². The first-order valence-corrected chi connectivity index (χ1v) is 5.38. The number of rotatable bonds is 3. The molecule has 2 N–H and O–H groups in total. The lowest BCUT2D eigenvalue weighted by Crippen LogP contribution is -2.51. The lowest BCUT2D eigenvalue weighted by atomic mass is 9.89. The lowest BCUT2D eigenvalue weighted by Gasteiger charge is -2.38. The molecule has 2 rings (SSSR count). The van der Waals surface area contributed by atoms with Crippen molar-refractivity contribution in [3.05, 3.63) is 0 Å². The van der Waals surface area contributed by atoms with Crippen LogP contribution in [0.25, 0.3) is 0 Å². The zero-order chi connectivity index (χ0) is 10.7. The third-order valence-corrected chi connectivity index (χ3v) is 2.84. The minimum absolute atomic E-state index is 0.0985. The highest BCUT2D eigenvalue weighted by atomic mass is 16.5. The highest BCUT2D eigenvalue weighted by Crippen LogP contribution is 2.24. The Hall–Kier alpha value is -0.810. The fraction of sp³-hybridized carbons (Fsp3) is 0.900. The van der Waals surface area contributed by atoms with Crippen LogP contribution in [0.15, 0.2) is 0 Å². The highest BCUT2D eigenvalue weighted by molar-refractivity contribution is 5.74. The second-order valence-electron chi connectivity index (χ2n) is 4.69. The maximum atomic E-state index is 11.5. The average Bonchev–Trinajstić information content (AvgIpc) is 2.64. The van der Waals surface area contributed by atoms with E-state index in [4.69, 9.17) is 9.47 Å². The van der Waals surface area contributed by atoms with Crippen LogP contribution in [0.5, 0.6) is 0 Å². The van der Waals surface area contributed by atoms with Gasteiger partial charge in [-0.2, -0.15) is 0 Å². The summed E-state index contributed by atoms with van der Waals surface area (Å²) in [6.07, 6.45) is 0.911. The van der Waals surface area contributed by atoms with Gasteiger partial charge in [-0.3, -0.25) is 0 Å². The van der Waals surface area contributed by atoms with Crippen LogP contribution >= 0.6 is 0 Å². The van der Waals surface area contributed by atoms with Crippen LogP contribution in [0.2, 0.25) is 0 Å². The fourth-order valence-corrected chi connectivity index (χ4v) is 1.73. The van der Waals surface area contributed by atoms with Gasteiger partial charge < -0.3 is 20.1 Å². The molecule has 2 saturated heterocycles. The summed E-state index contributed by atoms with van der Waals surface area (Å²) in [6, 6.07) is 0.0778. The first kappa shape index (κ1) is 10.7. The monoisotopic (exact) mass is 214 g/mol. The van der Waals surface area contributed by atoms with E-state index in [0.717, 1.165) is 26.2 Å². The molecule has 0 aliphatic carbocycles. The van der Waals surface area contributed by atoms with Crippen molar-refractivity contribution in [1.29, 1.82) is 0 Å². The molecule has 2 fully saturated rings. The highest BCUT2D eigenvalue weighted by Gasteiger charge is 2.33. The zero-order valence-corrected chi connectivity index (χ0v) is 9.04. The molecule has 0 radical (unpaired) electrons. The van der Waals surface area contributed by atoms with Gasteiger partial charge in [0.15, 0.2) is 0 Å². The minimum Gasteiger partial charge on any atom is -0.380 e. The number of nitrogens with one attached hydrogen (secondary N) is 2. The molecule has 5 heteroatoms. The second-order valence-corrected chi connectivity index (χ2v) is 4.69. The van der Waals surface area contributed by atoms with Crippen molar-refractivity contribution in [3.63, 3.8) is 0 Å². The van der Waals surface area contributed by atoms with E-state index < -0.39 is 0 Å². The topological polar surface area (TPSA) is 59.6 Å². The van der Waals surface area contributed by atoms with Gasteiger partial charge in [-0.25, -0.2) is 4.79 Å². The average molecular weight is 214 g/mol. The first-order valence-electron chi connectivity index (χ1n) is 5.38. The Bertz CT molecular complexity index is 235. The van der Waals surface area contributed by atoms with Crippen LogP contribution in [0, 0.1) is 5.41 Å². The molecule has 0 aromatic carbocycles. The van der Waals surface area contributed by atoms with Crippen LogP contribution in [-0.4, -0.2) is 45.0 Å². The molecule has 0 aromatic heterocycles. The molecular weight excluding hydrogens is 196 g/mol. The van der Waals surface area contributed by atoms with Crippen molar-refractivity contribution in [2.75, 3.05) is 33.0 Å². The standard InChI is InChI=1S/C10H18N2O3/c1-10(6-15-7-10)5-11-9(13)12-8-2-3-14-4-8/h8H,2-7H2,1H3,(H2,11,12,13). The third-order valence-electron chi connectivity index (χ3n) is 2.84.